The second-order valence-corrected chi connectivity index (χ2v) is 8.70. The summed E-state index contributed by atoms with van der Waals surface area (Å²) in [6, 6.07) is 25.7. The highest BCUT2D eigenvalue weighted by atomic mass is 16.3. The number of phenols is 1. The quantitative estimate of drug-likeness (QED) is 0.613. The fourth-order valence-electron chi connectivity index (χ4n) is 4.84. The number of benzene rings is 3. The van der Waals surface area contributed by atoms with E-state index in [1.54, 1.807) is 6.07 Å². The summed E-state index contributed by atoms with van der Waals surface area (Å²) >= 11 is 0. The van der Waals surface area contributed by atoms with Gasteiger partial charge in [0, 0.05) is 51.4 Å². The van der Waals surface area contributed by atoms with Crippen LogP contribution in [0.15, 0.2) is 78.9 Å². The molecule has 0 aromatic heterocycles. The summed E-state index contributed by atoms with van der Waals surface area (Å²) in [6.45, 7) is 5.78. The molecule has 6 heteroatoms. The van der Waals surface area contributed by atoms with E-state index in [0.29, 0.717) is 12.0 Å². The van der Waals surface area contributed by atoms with Crippen LogP contribution in [-0.2, 0) is 6.42 Å². The molecule has 1 fully saturated rings. The van der Waals surface area contributed by atoms with E-state index in [4.69, 9.17) is 0 Å². The second-order valence-electron chi connectivity index (χ2n) is 8.70. The van der Waals surface area contributed by atoms with Crippen molar-refractivity contribution in [1.82, 2.24) is 10.2 Å². The number of hydrogen-bond acceptors (Lipinski definition) is 5. The van der Waals surface area contributed by atoms with Crippen molar-refractivity contribution in [3.05, 3.63) is 90.0 Å². The van der Waals surface area contributed by atoms with Crippen molar-refractivity contribution in [1.29, 1.82) is 0 Å². The van der Waals surface area contributed by atoms with E-state index in [2.05, 4.69) is 50.3 Å². The van der Waals surface area contributed by atoms with Gasteiger partial charge in [0.2, 0.25) is 0 Å². The molecule has 1 amide bonds. The summed E-state index contributed by atoms with van der Waals surface area (Å²) in [4.78, 5) is 20.0. The van der Waals surface area contributed by atoms with Crippen LogP contribution in [0.4, 0.5) is 11.4 Å². The lowest BCUT2D eigenvalue weighted by Crippen LogP contribution is -2.56. The van der Waals surface area contributed by atoms with Crippen LogP contribution in [0.1, 0.15) is 15.9 Å². The van der Waals surface area contributed by atoms with Gasteiger partial charge in [-0.2, -0.15) is 0 Å². The van der Waals surface area contributed by atoms with Crippen molar-refractivity contribution in [3.63, 3.8) is 0 Å². The number of carbonyl (C=O) groups excluding carboxylic acids is 1. The number of hydrogen-bond donors (Lipinski definition) is 2. The summed E-state index contributed by atoms with van der Waals surface area (Å²) in [5, 5.41) is 13.5. The van der Waals surface area contributed by atoms with Crippen LogP contribution in [0.5, 0.6) is 5.75 Å². The lowest BCUT2D eigenvalue weighted by Gasteiger charge is -2.41. The Morgan fingerprint density at radius 2 is 1.52 bits per heavy atom. The van der Waals surface area contributed by atoms with Crippen molar-refractivity contribution in [2.45, 2.75) is 12.6 Å². The van der Waals surface area contributed by atoms with Crippen LogP contribution in [0.2, 0.25) is 0 Å². The monoisotopic (exact) mass is 442 g/mol. The summed E-state index contributed by atoms with van der Waals surface area (Å²) in [7, 11) is 0. The van der Waals surface area contributed by atoms with Crippen LogP contribution in [0.25, 0.3) is 0 Å². The number of rotatable bonds is 6. The molecule has 3 aromatic rings. The van der Waals surface area contributed by atoms with Gasteiger partial charge in [0.25, 0.3) is 5.91 Å². The molecule has 0 bridgehead atoms. The molecule has 5 rings (SSSR count). The highest BCUT2D eigenvalue weighted by Gasteiger charge is 2.31. The van der Waals surface area contributed by atoms with Gasteiger partial charge in [0.05, 0.1) is 11.3 Å². The highest BCUT2D eigenvalue weighted by molar-refractivity contribution is 6.02. The van der Waals surface area contributed by atoms with Crippen molar-refractivity contribution in [2.24, 2.45) is 0 Å². The van der Waals surface area contributed by atoms with E-state index in [-0.39, 0.29) is 17.8 Å². The first kappa shape index (κ1) is 21.3. The predicted octanol–water partition coefficient (Wildman–Crippen LogP) is 3.33. The van der Waals surface area contributed by atoms with Gasteiger partial charge in [-0.15, -0.1) is 0 Å². The molecule has 1 atom stereocenters. The smallest absolute Gasteiger partial charge is 0.254 e. The zero-order chi connectivity index (χ0) is 22.6. The van der Waals surface area contributed by atoms with Gasteiger partial charge in [-0.1, -0.05) is 48.5 Å². The molecule has 0 saturated carbocycles. The molecule has 2 aliphatic rings. The lowest BCUT2D eigenvalue weighted by atomic mass is 10.0. The number of fused-ring (bicyclic) bond motifs is 1. The summed E-state index contributed by atoms with van der Waals surface area (Å²) in [5.74, 6) is 0.210. The second kappa shape index (κ2) is 9.55. The average Bonchev–Trinajstić information content (AvgIpc) is 2.86. The number of phenolic OH excluding ortho intramolecular Hbond substituents is 1. The molecule has 2 N–H and O–H groups in total. The van der Waals surface area contributed by atoms with Crippen molar-refractivity contribution in [2.75, 3.05) is 49.1 Å². The highest BCUT2D eigenvalue weighted by Crippen LogP contribution is 2.29. The van der Waals surface area contributed by atoms with E-state index >= 15 is 0 Å². The summed E-state index contributed by atoms with van der Waals surface area (Å²) < 4.78 is 0. The fourth-order valence-corrected chi connectivity index (χ4v) is 4.84. The number of aromatic hydroxyl groups is 1. The van der Waals surface area contributed by atoms with Gasteiger partial charge in [-0.3, -0.25) is 9.69 Å². The van der Waals surface area contributed by atoms with E-state index in [0.717, 1.165) is 50.5 Å². The zero-order valence-corrected chi connectivity index (χ0v) is 18.7. The molecule has 3 aromatic carbocycles. The standard InChI is InChI=1S/C27H30N4O2/c32-25-13-7-4-8-21(25)20-26-28-27(33)23-11-5-6-12-24(23)31(26)19-16-29-14-17-30(18-15-29)22-9-2-1-3-10-22/h1-13,26,32H,14-20H2,(H,28,33). The zero-order valence-electron chi connectivity index (χ0n) is 18.7. The molecular weight excluding hydrogens is 412 g/mol. The third-order valence-electron chi connectivity index (χ3n) is 6.69. The first-order chi connectivity index (χ1) is 16.2. The van der Waals surface area contributed by atoms with E-state index in [1.165, 1.54) is 5.69 Å². The van der Waals surface area contributed by atoms with Gasteiger partial charge < -0.3 is 20.2 Å². The molecule has 0 radical (unpaired) electrons. The maximum Gasteiger partial charge on any atom is 0.254 e. The van der Waals surface area contributed by atoms with Gasteiger partial charge in [-0.05, 0) is 35.9 Å². The Balaban J connectivity index is 1.28. The molecule has 1 saturated heterocycles. The molecule has 0 spiro atoms. The Morgan fingerprint density at radius 3 is 2.30 bits per heavy atom. The SMILES string of the molecule is O=C1NC(Cc2ccccc2O)N(CCN2CCN(c3ccccc3)CC2)c2ccccc21. The van der Waals surface area contributed by atoms with Crippen molar-refractivity contribution < 1.29 is 9.90 Å². The van der Waals surface area contributed by atoms with E-state index in [9.17, 15) is 9.90 Å². The topological polar surface area (TPSA) is 59.1 Å². The molecule has 6 nitrogen and oxygen atoms in total. The van der Waals surface area contributed by atoms with Gasteiger partial charge in [-0.25, -0.2) is 0 Å². The molecule has 2 aliphatic heterocycles. The number of nitrogens with one attached hydrogen (secondary N) is 1. The lowest BCUT2D eigenvalue weighted by molar-refractivity contribution is 0.0925. The molecular formula is C27H30N4O2. The predicted molar refractivity (Wildman–Crippen MR) is 132 cm³/mol. The Bertz CT molecular complexity index is 1100. The third-order valence-corrected chi connectivity index (χ3v) is 6.69. The van der Waals surface area contributed by atoms with Crippen LogP contribution < -0.4 is 15.1 Å². The minimum atomic E-state index is -0.202. The van der Waals surface area contributed by atoms with Crippen LogP contribution in [0.3, 0.4) is 0 Å². The normalized spacial score (nSPS) is 18.7. The maximum atomic E-state index is 12.8. The molecule has 170 valence electrons. The Labute approximate surface area is 195 Å². The Morgan fingerprint density at radius 1 is 0.818 bits per heavy atom. The molecule has 2 heterocycles. The van der Waals surface area contributed by atoms with Crippen molar-refractivity contribution in [3.8, 4) is 5.75 Å². The van der Waals surface area contributed by atoms with Crippen molar-refractivity contribution >= 4 is 17.3 Å². The Kier molecular flexibility index (Phi) is 6.17. The van der Waals surface area contributed by atoms with Crippen LogP contribution >= 0.6 is 0 Å². The summed E-state index contributed by atoms with van der Waals surface area (Å²) in [5.41, 5.74) is 3.79. The number of nitrogens with zero attached hydrogens (tertiary/aromatic N) is 3. The van der Waals surface area contributed by atoms with Gasteiger partial charge in [0.1, 0.15) is 11.9 Å². The molecule has 0 aliphatic carbocycles. The number of amides is 1. The minimum Gasteiger partial charge on any atom is -0.508 e. The first-order valence-corrected chi connectivity index (χ1v) is 11.6. The maximum absolute atomic E-state index is 12.8. The van der Waals surface area contributed by atoms with Gasteiger partial charge in [0.15, 0.2) is 0 Å². The van der Waals surface area contributed by atoms with Gasteiger partial charge >= 0.3 is 0 Å². The Hall–Kier alpha value is -3.51. The minimum absolute atomic E-state index is 0.0567. The number of anilines is 2. The first-order valence-electron chi connectivity index (χ1n) is 11.6. The summed E-state index contributed by atoms with van der Waals surface area (Å²) in [6.07, 6.45) is 0.348. The fraction of sp³-hybridized carbons (Fsp3) is 0.296. The van der Waals surface area contributed by atoms with Crippen LogP contribution in [-0.4, -0.2) is 61.3 Å². The average molecular weight is 443 g/mol. The largest absolute Gasteiger partial charge is 0.508 e. The van der Waals surface area contributed by atoms with E-state index < -0.39 is 0 Å². The van der Waals surface area contributed by atoms with Crippen LogP contribution in [0, 0.1) is 0 Å². The number of carbonyl (C=O) groups is 1. The molecule has 1 unspecified atom stereocenters. The number of piperazine rings is 1. The third kappa shape index (κ3) is 4.66. The van der Waals surface area contributed by atoms with E-state index in [1.807, 2.05) is 42.5 Å². The number of para-hydroxylation sites is 3. The molecule has 33 heavy (non-hydrogen) atoms.